The van der Waals surface area contributed by atoms with Crippen LogP contribution in [0.25, 0.3) is 0 Å². The van der Waals surface area contributed by atoms with Gasteiger partial charge in [0.25, 0.3) is 0 Å². The molecule has 0 aliphatic rings. The highest BCUT2D eigenvalue weighted by Crippen LogP contribution is 1.84. The highest BCUT2D eigenvalue weighted by molar-refractivity contribution is 14.1. The second-order valence-corrected chi connectivity index (χ2v) is 1.86. The van der Waals surface area contributed by atoms with Crippen LogP contribution in [0.15, 0.2) is 10.2 Å². The van der Waals surface area contributed by atoms with Crippen LogP contribution in [-0.2, 0) is 9.53 Å². The molecule has 0 aliphatic carbocycles. The SMILES string of the molecule is N=CC(=O)OC/C=C\I. The van der Waals surface area contributed by atoms with Gasteiger partial charge in [-0.15, -0.1) is 0 Å². The third-order valence-corrected chi connectivity index (χ3v) is 1.04. The Bertz CT molecular complexity index is 133. The molecule has 0 atom stereocenters. The first kappa shape index (κ1) is 8.61. The normalized spacial score (nSPS) is 9.44. The van der Waals surface area contributed by atoms with Crippen molar-refractivity contribution in [3.8, 4) is 0 Å². The maximum Gasteiger partial charge on any atom is 0.348 e. The van der Waals surface area contributed by atoms with Crippen molar-refractivity contribution in [3.05, 3.63) is 10.2 Å². The summed E-state index contributed by atoms with van der Waals surface area (Å²) < 4.78 is 6.20. The van der Waals surface area contributed by atoms with E-state index in [9.17, 15) is 4.79 Å². The number of carbonyl (C=O) groups is 1. The van der Waals surface area contributed by atoms with E-state index in [0.717, 1.165) is 0 Å². The number of esters is 1. The largest absolute Gasteiger partial charge is 0.457 e. The molecule has 9 heavy (non-hydrogen) atoms. The van der Waals surface area contributed by atoms with Gasteiger partial charge in [0.15, 0.2) is 0 Å². The number of halogens is 1. The molecule has 0 bridgehead atoms. The molecule has 0 amide bonds. The van der Waals surface area contributed by atoms with Crippen LogP contribution in [0.2, 0.25) is 0 Å². The van der Waals surface area contributed by atoms with Gasteiger partial charge in [-0.25, -0.2) is 4.79 Å². The molecule has 4 heteroatoms. The van der Waals surface area contributed by atoms with Crippen molar-refractivity contribution in [1.82, 2.24) is 0 Å². The van der Waals surface area contributed by atoms with E-state index < -0.39 is 5.97 Å². The lowest BCUT2D eigenvalue weighted by atomic mass is 10.7. The Balaban J connectivity index is 3.27. The molecular formula is C5H6INO2. The van der Waals surface area contributed by atoms with Crippen LogP contribution in [0, 0.1) is 5.41 Å². The van der Waals surface area contributed by atoms with Gasteiger partial charge < -0.3 is 10.1 Å². The quantitative estimate of drug-likeness (QED) is 0.456. The molecule has 0 rings (SSSR count). The van der Waals surface area contributed by atoms with Crippen LogP contribution < -0.4 is 0 Å². The first-order valence-electron chi connectivity index (χ1n) is 2.23. The van der Waals surface area contributed by atoms with Crippen LogP contribution in [0.1, 0.15) is 0 Å². The van der Waals surface area contributed by atoms with Gasteiger partial charge in [0, 0.05) is 0 Å². The Morgan fingerprint density at radius 3 is 2.89 bits per heavy atom. The van der Waals surface area contributed by atoms with E-state index in [2.05, 4.69) is 4.74 Å². The smallest absolute Gasteiger partial charge is 0.348 e. The lowest BCUT2D eigenvalue weighted by Crippen LogP contribution is -2.03. The lowest BCUT2D eigenvalue weighted by molar-refractivity contribution is -0.133. The molecule has 0 heterocycles. The van der Waals surface area contributed by atoms with Gasteiger partial charge in [0.2, 0.25) is 0 Å². The summed E-state index contributed by atoms with van der Waals surface area (Å²) in [6.45, 7) is 0.247. The minimum absolute atomic E-state index is 0.247. The molecule has 1 N–H and O–H groups in total. The van der Waals surface area contributed by atoms with E-state index in [4.69, 9.17) is 5.41 Å². The maximum atomic E-state index is 10.2. The van der Waals surface area contributed by atoms with Crippen molar-refractivity contribution in [2.75, 3.05) is 6.61 Å². The molecule has 0 aromatic carbocycles. The molecule has 3 nitrogen and oxygen atoms in total. The summed E-state index contributed by atoms with van der Waals surface area (Å²) in [5.74, 6) is -0.607. The molecule has 0 saturated heterocycles. The zero-order valence-corrected chi connectivity index (χ0v) is 6.79. The molecule has 50 valence electrons. The van der Waals surface area contributed by atoms with Crippen molar-refractivity contribution in [1.29, 1.82) is 5.41 Å². The van der Waals surface area contributed by atoms with Gasteiger partial charge in [-0.05, 0) is 10.2 Å². The number of hydrogen-bond donors (Lipinski definition) is 1. The topological polar surface area (TPSA) is 50.2 Å². The van der Waals surface area contributed by atoms with Crippen LogP contribution in [-0.4, -0.2) is 18.8 Å². The average molecular weight is 239 g/mol. The number of nitrogens with one attached hydrogen (secondary N) is 1. The zero-order chi connectivity index (χ0) is 7.11. The molecule has 0 fully saturated rings. The summed E-state index contributed by atoms with van der Waals surface area (Å²) in [7, 11) is 0. The Morgan fingerprint density at radius 1 is 1.78 bits per heavy atom. The van der Waals surface area contributed by atoms with E-state index in [1.807, 2.05) is 22.6 Å². The van der Waals surface area contributed by atoms with Gasteiger partial charge in [-0.1, -0.05) is 22.6 Å². The van der Waals surface area contributed by atoms with Crippen LogP contribution in [0.4, 0.5) is 0 Å². The molecule has 0 aliphatic heterocycles. The maximum absolute atomic E-state index is 10.2. The molecule has 0 aromatic rings. The standard InChI is InChI=1S/C5H6INO2/c6-2-1-3-9-5(8)4-7/h1-2,4,7H,3H2/b2-1-,7-4?. The summed E-state index contributed by atoms with van der Waals surface area (Å²) in [6.07, 6.45) is 2.32. The monoisotopic (exact) mass is 239 g/mol. The minimum Gasteiger partial charge on any atom is -0.457 e. The summed E-state index contributed by atoms with van der Waals surface area (Å²) in [6, 6.07) is 0. The molecular weight excluding hydrogens is 233 g/mol. The van der Waals surface area contributed by atoms with Crippen molar-refractivity contribution in [3.63, 3.8) is 0 Å². The fourth-order valence-electron chi connectivity index (χ4n) is 0.208. The third-order valence-electron chi connectivity index (χ3n) is 0.529. The van der Waals surface area contributed by atoms with E-state index in [1.165, 1.54) is 0 Å². The first-order valence-corrected chi connectivity index (χ1v) is 3.48. The van der Waals surface area contributed by atoms with E-state index >= 15 is 0 Å². The van der Waals surface area contributed by atoms with Crippen LogP contribution >= 0.6 is 22.6 Å². The minimum atomic E-state index is -0.607. The summed E-state index contributed by atoms with van der Waals surface area (Å²) in [5.41, 5.74) is 0. The molecule has 0 radical (unpaired) electrons. The van der Waals surface area contributed by atoms with Gasteiger partial charge in [-0.2, -0.15) is 0 Å². The second-order valence-electron chi connectivity index (χ2n) is 1.14. The van der Waals surface area contributed by atoms with E-state index in [-0.39, 0.29) is 6.61 Å². The fourth-order valence-corrected chi connectivity index (χ4v) is 0.416. The fraction of sp³-hybridized carbons (Fsp3) is 0.200. The van der Waals surface area contributed by atoms with Gasteiger partial charge in [0.1, 0.15) is 12.8 Å². The predicted molar refractivity (Wildman–Crippen MR) is 42.9 cm³/mol. The van der Waals surface area contributed by atoms with Crippen LogP contribution in [0.5, 0.6) is 0 Å². The predicted octanol–water partition coefficient (Wildman–Crippen LogP) is 1.13. The lowest BCUT2D eigenvalue weighted by Gasteiger charge is -1.91. The van der Waals surface area contributed by atoms with Crippen molar-refractivity contribution in [2.45, 2.75) is 0 Å². The Hall–Kier alpha value is -0.390. The summed E-state index contributed by atoms with van der Waals surface area (Å²) >= 11 is 2.02. The van der Waals surface area contributed by atoms with Crippen molar-refractivity contribution < 1.29 is 9.53 Å². The molecule has 0 spiro atoms. The van der Waals surface area contributed by atoms with Crippen molar-refractivity contribution in [2.24, 2.45) is 0 Å². The first-order chi connectivity index (χ1) is 4.31. The van der Waals surface area contributed by atoms with E-state index in [1.54, 1.807) is 10.2 Å². The molecule has 0 unspecified atom stereocenters. The average Bonchev–Trinajstić information content (AvgIpc) is 1.89. The number of carbonyl (C=O) groups excluding carboxylic acids is 1. The van der Waals surface area contributed by atoms with Gasteiger partial charge >= 0.3 is 5.97 Å². The number of ether oxygens (including phenoxy) is 1. The van der Waals surface area contributed by atoms with Crippen molar-refractivity contribution >= 4 is 34.8 Å². The Labute approximate surface area is 66.7 Å². The third kappa shape index (κ3) is 5.48. The number of hydrogen-bond acceptors (Lipinski definition) is 3. The molecule has 0 aromatic heterocycles. The van der Waals surface area contributed by atoms with E-state index in [0.29, 0.717) is 6.21 Å². The number of rotatable bonds is 3. The molecule has 0 saturated carbocycles. The Morgan fingerprint density at radius 2 is 2.44 bits per heavy atom. The highest BCUT2D eigenvalue weighted by Gasteiger charge is 1.90. The van der Waals surface area contributed by atoms with Gasteiger partial charge in [-0.3, -0.25) is 0 Å². The van der Waals surface area contributed by atoms with Crippen LogP contribution in [0.3, 0.4) is 0 Å². The highest BCUT2D eigenvalue weighted by atomic mass is 127. The van der Waals surface area contributed by atoms with Gasteiger partial charge in [0.05, 0.1) is 0 Å². The Kier molecular flexibility index (Phi) is 5.49. The zero-order valence-electron chi connectivity index (χ0n) is 4.63. The second kappa shape index (κ2) is 5.74. The summed E-state index contributed by atoms with van der Waals surface area (Å²) in [4.78, 5) is 10.2. The summed E-state index contributed by atoms with van der Waals surface area (Å²) in [5, 5.41) is 6.42.